The highest BCUT2D eigenvalue weighted by Gasteiger charge is 2.02. The summed E-state index contributed by atoms with van der Waals surface area (Å²) in [6, 6.07) is 9.32. The van der Waals surface area contributed by atoms with Gasteiger partial charge in [0.1, 0.15) is 0 Å². The molecule has 0 aliphatic carbocycles. The predicted molar refractivity (Wildman–Crippen MR) is 59.6 cm³/mol. The number of fused-ring (bicyclic) bond motifs is 1. The molecule has 0 fully saturated rings. The number of carbonyl (C=O) groups is 1. The number of hydrogen-bond acceptors (Lipinski definition) is 3. The molecule has 2 N–H and O–H groups in total. The SMILES string of the molecule is CC(=O)c1ccc2nc(CN)ccc2c1. The van der Waals surface area contributed by atoms with Gasteiger partial charge in [0.2, 0.25) is 0 Å². The van der Waals surface area contributed by atoms with Crippen molar-refractivity contribution in [3.05, 3.63) is 41.6 Å². The van der Waals surface area contributed by atoms with Crippen LogP contribution in [-0.2, 0) is 6.54 Å². The first-order chi connectivity index (χ1) is 7.20. The molecule has 1 aromatic carbocycles. The van der Waals surface area contributed by atoms with E-state index in [2.05, 4.69) is 4.98 Å². The van der Waals surface area contributed by atoms with Crippen LogP contribution in [0.2, 0.25) is 0 Å². The molecule has 76 valence electrons. The Hall–Kier alpha value is -1.74. The molecular formula is C12H12N2O. The Labute approximate surface area is 87.9 Å². The Morgan fingerprint density at radius 3 is 2.80 bits per heavy atom. The van der Waals surface area contributed by atoms with E-state index in [9.17, 15) is 4.79 Å². The summed E-state index contributed by atoms with van der Waals surface area (Å²) in [5.74, 6) is 0.0693. The summed E-state index contributed by atoms with van der Waals surface area (Å²) in [5.41, 5.74) is 7.95. The molecule has 1 heterocycles. The van der Waals surface area contributed by atoms with E-state index in [1.165, 1.54) is 0 Å². The number of pyridine rings is 1. The monoisotopic (exact) mass is 200 g/mol. The second-order valence-electron chi connectivity index (χ2n) is 3.47. The van der Waals surface area contributed by atoms with E-state index < -0.39 is 0 Å². The first-order valence-electron chi connectivity index (χ1n) is 4.81. The Morgan fingerprint density at radius 2 is 2.13 bits per heavy atom. The van der Waals surface area contributed by atoms with Crippen molar-refractivity contribution in [2.75, 3.05) is 0 Å². The maximum atomic E-state index is 11.2. The Balaban J connectivity index is 2.59. The van der Waals surface area contributed by atoms with E-state index in [4.69, 9.17) is 5.73 Å². The van der Waals surface area contributed by atoms with Crippen LogP contribution in [0.25, 0.3) is 10.9 Å². The third-order valence-corrected chi connectivity index (χ3v) is 2.36. The van der Waals surface area contributed by atoms with Gasteiger partial charge in [-0.05, 0) is 31.2 Å². The molecule has 15 heavy (non-hydrogen) atoms. The van der Waals surface area contributed by atoms with Crippen molar-refractivity contribution in [3.8, 4) is 0 Å². The molecule has 3 nitrogen and oxygen atoms in total. The summed E-state index contributed by atoms with van der Waals surface area (Å²) in [4.78, 5) is 15.5. The highest BCUT2D eigenvalue weighted by atomic mass is 16.1. The second kappa shape index (κ2) is 3.79. The number of benzene rings is 1. The van der Waals surface area contributed by atoms with Gasteiger partial charge in [-0.1, -0.05) is 6.07 Å². The maximum absolute atomic E-state index is 11.2. The average Bonchev–Trinajstić information content (AvgIpc) is 2.27. The van der Waals surface area contributed by atoms with Gasteiger partial charge in [-0.15, -0.1) is 0 Å². The predicted octanol–water partition coefficient (Wildman–Crippen LogP) is 1.90. The van der Waals surface area contributed by atoms with E-state index >= 15 is 0 Å². The van der Waals surface area contributed by atoms with Crippen molar-refractivity contribution in [1.29, 1.82) is 0 Å². The van der Waals surface area contributed by atoms with Gasteiger partial charge in [-0.3, -0.25) is 9.78 Å². The van der Waals surface area contributed by atoms with Gasteiger partial charge in [0.15, 0.2) is 5.78 Å². The van der Waals surface area contributed by atoms with Crippen LogP contribution in [0, 0.1) is 0 Å². The van der Waals surface area contributed by atoms with Gasteiger partial charge in [-0.2, -0.15) is 0 Å². The highest BCUT2D eigenvalue weighted by Crippen LogP contribution is 2.15. The number of nitrogens with two attached hydrogens (primary N) is 1. The van der Waals surface area contributed by atoms with Crippen molar-refractivity contribution < 1.29 is 4.79 Å². The standard InChI is InChI=1S/C12H12N2O/c1-8(15)9-3-5-12-10(6-9)2-4-11(7-13)14-12/h2-6H,7,13H2,1H3. The minimum atomic E-state index is 0.0693. The van der Waals surface area contributed by atoms with Gasteiger partial charge in [0.05, 0.1) is 11.2 Å². The number of ketones is 1. The summed E-state index contributed by atoms with van der Waals surface area (Å²) in [7, 11) is 0. The fourth-order valence-electron chi connectivity index (χ4n) is 1.50. The van der Waals surface area contributed by atoms with Crippen LogP contribution >= 0.6 is 0 Å². The molecule has 0 amide bonds. The van der Waals surface area contributed by atoms with Crippen molar-refractivity contribution in [2.45, 2.75) is 13.5 Å². The van der Waals surface area contributed by atoms with E-state index in [1.54, 1.807) is 13.0 Å². The zero-order chi connectivity index (χ0) is 10.8. The summed E-state index contributed by atoms with van der Waals surface area (Å²) in [6.07, 6.45) is 0. The van der Waals surface area contributed by atoms with E-state index in [0.29, 0.717) is 12.1 Å². The van der Waals surface area contributed by atoms with Gasteiger partial charge >= 0.3 is 0 Å². The van der Waals surface area contributed by atoms with Gasteiger partial charge in [0, 0.05) is 17.5 Å². The van der Waals surface area contributed by atoms with Crippen molar-refractivity contribution >= 4 is 16.7 Å². The Kier molecular flexibility index (Phi) is 2.47. The van der Waals surface area contributed by atoms with E-state index in [0.717, 1.165) is 16.6 Å². The van der Waals surface area contributed by atoms with Crippen molar-refractivity contribution in [1.82, 2.24) is 4.98 Å². The molecule has 0 aliphatic heterocycles. The van der Waals surface area contributed by atoms with Crippen molar-refractivity contribution in [3.63, 3.8) is 0 Å². The Morgan fingerprint density at radius 1 is 1.33 bits per heavy atom. The van der Waals surface area contributed by atoms with Gasteiger partial charge < -0.3 is 5.73 Å². The second-order valence-corrected chi connectivity index (χ2v) is 3.47. The number of aromatic nitrogens is 1. The number of nitrogens with zero attached hydrogens (tertiary/aromatic N) is 1. The van der Waals surface area contributed by atoms with Gasteiger partial charge in [-0.25, -0.2) is 0 Å². The van der Waals surface area contributed by atoms with Crippen LogP contribution in [0.5, 0.6) is 0 Å². The molecular weight excluding hydrogens is 188 g/mol. The molecule has 0 atom stereocenters. The van der Waals surface area contributed by atoms with Crippen LogP contribution in [-0.4, -0.2) is 10.8 Å². The molecule has 0 saturated heterocycles. The lowest BCUT2D eigenvalue weighted by Crippen LogP contribution is -1.99. The topological polar surface area (TPSA) is 56.0 Å². The van der Waals surface area contributed by atoms with Crippen LogP contribution in [0.15, 0.2) is 30.3 Å². The molecule has 3 heteroatoms. The normalized spacial score (nSPS) is 10.5. The summed E-state index contributed by atoms with van der Waals surface area (Å²) < 4.78 is 0. The number of hydrogen-bond donors (Lipinski definition) is 1. The minimum absolute atomic E-state index is 0.0693. The molecule has 0 unspecified atom stereocenters. The lowest BCUT2D eigenvalue weighted by Gasteiger charge is -2.02. The average molecular weight is 200 g/mol. The fraction of sp³-hybridized carbons (Fsp3) is 0.167. The summed E-state index contributed by atoms with van der Waals surface area (Å²) in [5, 5.41) is 0.972. The molecule has 1 aromatic heterocycles. The smallest absolute Gasteiger partial charge is 0.159 e. The Bertz CT molecular complexity index is 520. The highest BCUT2D eigenvalue weighted by molar-refractivity contribution is 5.97. The lowest BCUT2D eigenvalue weighted by molar-refractivity contribution is 0.101. The zero-order valence-electron chi connectivity index (χ0n) is 8.53. The fourth-order valence-corrected chi connectivity index (χ4v) is 1.50. The van der Waals surface area contributed by atoms with E-state index in [-0.39, 0.29) is 5.78 Å². The number of Topliss-reactive ketones (excluding diaryl/α,β-unsaturated/α-hetero) is 1. The molecule has 0 radical (unpaired) electrons. The van der Waals surface area contributed by atoms with Gasteiger partial charge in [0.25, 0.3) is 0 Å². The maximum Gasteiger partial charge on any atom is 0.159 e. The molecule has 2 aromatic rings. The molecule has 0 spiro atoms. The van der Waals surface area contributed by atoms with Crippen molar-refractivity contribution in [2.24, 2.45) is 5.73 Å². The zero-order valence-corrected chi connectivity index (χ0v) is 8.53. The number of carbonyl (C=O) groups excluding carboxylic acids is 1. The first kappa shape index (κ1) is 9.80. The summed E-state index contributed by atoms with van der Waals surface area (Å²) in [6.45, 7) is 1.99. The largest absolute Gasteiger partial charge is 0.325 e. The lowest BCUT2D eigenvalue weighted by atomic mass is 10.1. The van der Waals surface area contributed by atoms with E-state index in [1.807, 2.05) is 24.3 Å². The quantitative estimate of drug-likeness (QED) is 0.753. The minimum Gasteiger partial charge on any atom is -0.325 e. The van der Waals surface area contributed by atoms with Crippen LogP contribution in [0.1, 0.15) is 23.0 Å². The van der Waals surface area contributed by atoms with Crippen LogP contribution in [0.3, 0.4) is 0 Å². The summed E-state index contributed by atoms with van der Waals surface area (Å²) >= 11 is 0. The molecule has 0 bridgehead atoms. The van der Waals surface area contributed by atoms with Crippen LogP contribution < -0.4 is 5.73 Å². The molecule has 2 rings (SSSR count). The number of rotatable bonds is 2. The third-order valence-electron chi connectivity index (χ3n) is 2.36. The third kappa shape index (κ3) is 1.87. The van der Waals surface area contributed by atoms with Crippen LogP contribution in [0.4, 0.5) is 0 Å². The first-order valence-corrected chi connectivity index (χ1v) is 4.81. The molecule has 0 saturated carbocycles. The molecule has 0 aliphatic rings.